The molecule has 1 aliphatic rings. The lowest BCUT2D eigenvalue weighted by atomic mass is 9.92. The zero-order valence-electron chi connectivity index (χ0n) is 31.3. The molecule has 1 heterocycles. The number of nitrogens with zero attached hydrogens (tertiary/aromatic N) is 4. The third-order valence-corrected chi connectivity index (χ3v) is 9.81. The number of rotatable bonds is 6. The molecule has 4 aromatic carbocycles. The molecule has 1 saturated heterocycles. The number of benzene rings is 4. The molecule has 0 N–H and O–H groups in total. The number of hydrogen-bond acceptors (Lipinski definition) is 2. The van der Waals surface area contributed by atoms with Crippen molar-refractivity contribution >= 4 is 34.6 Å². The van der Waals surface area contributed by atoms with Gasteiger partial charge in [0, 0.05) is 24.2 Å². The van der Waals surface area contributed by atoms with Gasteiger partial charge in [0.1, 0.15) is 11.7 Å². The fourth-order valence-electron chi connectivity index (χ4n) is 6.90. The quantitative estimate of drug-likeness (QED) is 0.111. The molecule has 0 aromatic heterocycles. The number of amidine groups is 2. The van der Waals surface area contributed by atoms with E-state index in [1.54, 1.807) is 17.9 Å². The third-order valence-electron chi connectivity index (χ3n) is 9.52. The molecule has 11 heteroatoms. The largest absolute Gasteiger partial charge is 0.416 e. The standard InChI is InChI=1S/C42H45ClF6N4/c1-24(2)33-14-10-15-34(25(3)4)38(33)51-40(36-27(6)12-9-13-28(36)7)53-17-11-16-52(23-53)39(50-37-29(8)18-26(5)19-35(37)43)30-20-31(41(44,45)46)22-32(21-30)42(47,48)49/h9-10,12-15,18-22,24-25H,11,16-17,23H2,1-8H3. The Bertz CT molecular complexity index is 1940. The second-order valence-electron chi connectivity index (χ2n) is 14.5. The van der Waals surface area contributed by atoms with E-state index in [4.69, 9.17) is 21.6 Å². The Labute approximate surface area is 313 Å². The lowest BCUT2D eigenvalue weighted by Gasteiger charge is -2.40. The molecular formula is C42H45ClF6N4. The lowest BCUT2D eigenvalue weighted by molar-refractivity contribution is -0.143. The summed E-state index contributed by atoms with van der Waals surface area (Å²) in [4.78, 5) is 14.0. The molecule has 0 atom stereocenters. The summed E-state index contributed by atoms with van der Waals surface area (Å²) in [7, 11) is 0. The van der Waals surface area contributed by atoms with Gasteiger partial charge in [-0.15, -0.1) is 0 Å². The molecule has 0 saturated carbocycles. The van der Waals surface area contributed by atoms with Gasteiger partial charge in [-0.3, -0.25) is 0 Å². The third kappa shape index (κ3) is 8.91. The zero-order chi connectivity index (χ0) is 39.0. The van der Waals surface area contributed by atoms with Crippen molar-refractivity contribution < 1.29 is 26.3 Å². The Hall–Kier alpha value is -4.31. The van der Waals surface area contributed by atoms with E-state index in [-0.39, 0.29) is 46.7 Å². The maximum Gasteiger partial charge on any atom is 0.416 e. The van der Waals surface area contributed by atoms with Crippen LogP contribution in [0.15, 0.2) is 76.7 Å². The van der Waals surface area contributed by atoms with Crippen LogP contribution in [0.5, 0.6) is 0 Å². The summed E-state index contributed by atoms with van der Waals surface area (Å²) < 4.78 is 85.2. The number of aliphatic imine (C=N–C) groups is 2. The lowest BCUT2D eigenvalue weighted by Crippen LogP contribution is -2.50. The second-order valence-corrected chi connectivity index (χ2v) is 14.9. The number of hydrogen-bond donors (Lipinski definition) is 0. The summed E-state index contributed by atoms with van der Waals surface area (Å²) >= 11 is 6.66. The van der Waals surface area contributed by atoms with Crippen molar-refractivity contribution in [3.05, 3.63) is 127 Å². The van der Waals surface area contributed by atoms with Gasteiger partial charge in [0.2, 0.25) is 0 Å². The van der Waals surface area contributed by atoms with Crippen LogP contribution in [0.3, 0.4) is 0 Å². The van der Waals surface area contributed by atoms with E-state index in [0.717, 1.165) is 51.2 Å². The minimum atomic E-state index is -5.04. The summed E-state index contributed by atoms with van der Waals surface area (Å²) in [5, 5.41) is 0.237. The summed E-state index contributed by atoms with van der Waals surface area (Å²) in [5.74, 6) is 0.944. The van der Waals surface area contributed by atoms with E-state index >= 15 is 0 Å². The first kappa shape index (κ1) is 39.9. The van der Waals surface area contributed by atoms with Gasteiger partial charge in [0.25, 0.3) is 0 Å². The van der Waals surface area contributed by atoms with E-state index < -0.39 is 23.5 Å². The summed E-state index contributed by atoms with van der Waals surface area (Å²) in [6.45, 7) is 17.0. The van der Waals surface area contributed by atoms with Crippen LogP contribution >= 0.6 is 11.6 Å². The molecule has 1 fully saturated rings. The molecule has 282 valence electrons. The van der Waals surface area contributed by atoms with Gasteiger partial charge in [0.05, 0.1) is 34.2 Å². The molecule has 0 aliphatic carbocycles. The molecular weight excluding hydrogens is 710 g/mol. The van der Waals surface area contributed by atoms with Crippen LogP contribution in [0.2, 0.25) is 5.02 Å². The zero-order valence-corrected chi connectivity index (χ0v) is 32.0. The Morgan fingerprint density at radius 3 is 1.62 bits per heavy atom. The van der Waals surface area contributed by atoms with Crippen LogP contribution in [0.4, 0.5) is 37.7 Å². The van der Waals surface area contributed by atoms with Crippen LogP contribution in [0.25, 0.3) is 0 Å². The topological polar surface area (TPSA) is 31.2 Å². The molecule has 4 aromatic rings. The highest BCUT2D eigenvalue weighted by atomic mass is 35.5. The van der Waals surface area contributed by atoms with E-state index in [0.29, 0.717) is 30.9 Å². The summed E-state index contributed by atoms with van der Waals surface area (Å²) in [6, 6.07) is 17.3. The van der Waals surface area contributed by atoms with Gasteiger partial charge in [0.15, 0.2) is 0 Å². The van der Waals surface area contributed by atoms with Crippen molar-refractivity contribution in [3.63, 3.8) is 0 Å². The van der Waals surface area contributed by atoms with Crippen LogP contribution in [0, 0.1) is 27.7 Å². The number of aryl methyl sites for hydroxylation is 4. The molecule has 0 amide bonds. The Balaban J connectivity index is 1.77. The van der Waals surface area contributed by atoms with E-state index in [1.807, 2.05) is 51.1 Å². The van der Waals surface area contributed by atoms with E-state index in [1.165, 1.54) is 0 Å². The molecule has 5 rings (SSSR count). The van der Waals surface area contributed by atoms with Gasteiger partial charge in [-0.25, -0.2) is 9.98 Å². The molecule has 53 heavy (non-hydrogen) atoms. The average Bonchev–Trinajstić information content (AvgIpc) is 3.06. The van der Waals surface area contributed by atoms with Crippen molar-refractivity contribution in [2.45, 2.75) is 86.0 Å². The fourth-order valence-corrected chi connectivity index (χ4v) is 7.27. The minimum Gasteiger partial charge on any atom is -0.338 e. The fraction of sp³-hybridized carbons (Fsp3) is 0.381. The second kappa shape index (κ2) is 15.6. The smallest absolute Gasteiger partial charge is 0.338 e. The van der Waals surface area contributed by atoms with Gasteiger partial charge in [-0.1, -0.05) is 81.8 Å². The molecule has 4 nitrogen and oxygen atoms in total. The van der Waals surface area contributed by atoms with Crippen molar-refractivity contribution in [3.8, 4) is 0 Å². The maximum atomic E-state index is 14.2. The maximum absolute atomic E-state index is 14.2. The predicted octanol–water partition coefficient (Wildman–Crippen LogP) is 12.7. The molecule has 0 radical (unpaired) electrons. The van der Waals surface area contributed by atoms with Crippen LogP contribution in [-0.4, -0.2) is 41.2 Å². The first-order chi connectivity index (χ1) is 24.8. The van der Waals surface area contributed by atoms with E-state index in [2.05, 4.69) is 44.7 Å². The first-order valence-corrected chi connectivity index (χ1v) is 18.1. The average molecular weight is 755 g/mol. The number of alkyl halides is 6. The highest BCUT2D eigenvalue weighted by Gasteiger charge is 2.38. The SMILES string of the molecule is Cc1cc(C)c(N=C(c2cc(C(F)(F)F)cc(C(F)(F)F)c2)N2CCCN(C(=Nc3c(C(C)C)cccc3C(C)C)c3c(C)cccc3C)C2)c(Cl)c1. The van der Waals surface area contributed by atoms with Crippen molar-refractivity contribution in [1.82, 2.24) is 9.80 Å². The van der Waals surface area contributed by atoms with E-state index in [9.17, 15) is 26.3 Å². The normalized spacial score (nSPS) is 14.9. The van der Waals surface area contributed by atoms with Crippen molar-refractivity contribution in [2.75, 3.05) is 19.8 Å². The van der Waals surface area contributed by atoms with Crippen molar-refractivity contribution in [2.24, 2.45) is 9.98 Å². The monoisotopic (exact) mass is 754 g/mol. The Kier molecular flexibility index (Phi) is 11.7. The summed E-state index contributed by atoms with van der Waals surface area (Å²) in [6.07, 6.45) is -9.54. The number of halogens is 7. The molecule has 0 spiro atoms. The van der Waals surface area contributed by atoms with Crippen LogP contribution in [0.1, 0.15) is 102 Å². The highest BCUT2D eigenvalue weighted by Crippen LogP contribution is 2.39. The first-order valence-electron chi connectivity index (χ1n) is 17.7. The Morgan fingerprint density at radius 2 is 1.13 bits per heavy atom. The van der Waals surface area contributed by atoms with Gasteiger partial charge >= 0.3 is 12.4 Å². The van der Waals surface area contributed by atoms with Crippen LogP contribution < -0.4 is 0 Å². The van der Waals surface area contributed by atoms with Gasteiger partial charge in [-0.2, -0.15) is 26.3 Å². The van der Waals surface area contributed by atoms with Gasteiger partial charge < -0.3 is 9.80 Å². The minimum absolute atomic E-state index is 0.0496. The molecule has 0 bridgehead atoms. The number of para-hydroxylation sites is 1. The van der Waals surface area contributed by atoms with Crippen LogP contribution in [-0.2, 0) is 12.4 Å². The molecule has 1 aliphatic heterocycles. The summed E-state index contributed by atoms with van der Waals surface area (Å²) in [5.41, 5.74) is 4.48. The van der Waals surface area contributed by atoms with Gasteiger partial charge in [-0.05, 0) is 104 Å². The highest BCUT2D eigenvalue weighted by molar-refractivity contribution is 6.33. The molecule has 0 unspecified atom stereocenters. The predicted molar refractivity (Wildman–Crippen MR) is 203 cm³/mol. The Morgan fingerprint density at radius 1 is 0.642 bits per heavy atom. The van der Waals surface area contributed by atoms with Crippen molar-refractivity contribution in [1.29, 1.82) is 0 Å².